The fourth-order valence-electron chi connectivity index (χ4n) is 2.08. The Bertz CT molecular complexity index is 635. The zero-order valence-corrected chi connectivity index (χ0v) is 13.4. The minimum Gasteiger partial charge on any atom is -0.493 e. The highest BCUT2D eigenvalue weighted by molar-refractivity contribution is 6.32. The van der Waals surface area contributed by atoms with Gasteiger partial charge < -0.3 is 19.9 Å². The number of hydrogen-bond acceptors (Lipinski definition) is 5. The monoisotopic (exact) mass is 322 g/mol. The van der Waals surface area contributed by atoms with Gasteiger partial charge in [0, 0.05) is 18.3 Å². The van der Waals surface area contributed by atoms with Crippen LogP contribution in [-0.2, 0) is 13.2 Å². The Hall–Kier alpha value is -1.98. The van der Waals surface area contributed by atoms with Crippen molar-refractivity contribution in [2.24, 2.45) is 0 Å². The minimum atomic E-state index is -0.0434. The third-order valence-corrected chi connectivity index (χ3v) is 3.42. The molecular weight excluding hydrogens is 304 g/mol. The Morgan fingerprint density at radius 1 is 1.36 bits per heavy atom. The van der Waals surface area contributed by atoms with E-state index < -0.39 is 0 Å². The first kappa shape index (κ1) is 16.4. The standard InChI is InChI=1S/C16H19ClN2O3/c1-3-22-16-13(17)6-11(7-15(16)21-2)8-19-14-9-18-5-4-12(14)10-20/h4-7,9,19-20H,3,8,10H2,1-2H3. The van der Waals surface area contributed by atoms with Crippen molar-refractivity contribution in [1.29, 1.82) is 0 Å². The first-order valence-corrected chi connectivity index (χ1v) is 7.34. The quantitative estimate of drug-likeness (QED) is 0.819. The summed E-state index contributed by atoms with van der Waals surface area (Å²) < 4.78 is 10.8. The van der Waals surface area contributed by atoms with Crippen molar-refractivity contribution in [3.05, 3.63) is 46.7 Å². The van der Waals surface area contributed by atoms with Crippen LogP contribution in [0.1, 0.15) is 18.1 Å². The summed E-state index contributed by atoms with van der Waals surface area (Å²) in [5, 5.41) is 13.1. The van der Waals surface area contributed by atoms with E-state index in [1.807, 2.05) is 19.1 Å². The molecule has 22 heavy (non-hydrogen) atoms. The molecule has 0 aliphatic carbocycles. The number of anilines is 1. The predicted octanol–water partition coefficient (Wildman–Crippen LogP) is 3.25. The van der Waals surface area contributed by atoms with Gasteiger partial charge in [0.05, 0.1) is 37.2 Å². The van der Waals surface area contributed by atoms with E-state index in [1.165, 1.54) is 0 Å². The number of halogens is 1. The van der Waals surface area contributed by atoms with Crippen molar-refractivity contribution in [3.63, 3.8) is 0 Å². The molecule has 0 aliphatic heterocycles. The van der Waals surface area contributed by atoms with Crippen molar-refractivity contribution in [1.82, 2.24) is 4.98 Å². The average Bonchev–Trinajstić information content (AvgIpc) is 2.55. The molecule has 0 unspecified atom stereocenters. The lowest BCUT2D eigenvalue weighted by atomic mass is 10.1. The summed E-state index contributed by atoms with van der Waals surface area (Å²) in [4.78, 5) is 4.05. The van der Waals surface area contributed by atoms with Gasteiger partial charge in [-0.3, -0.25) is 4.98 Å². The molecule has 2 aromatic rings. The number of methoxy groups -OCH3 is 1. The highest BCUT2D eigenvalue weighted by Gasteiger charge is 2.12. The number of hydrogen-bond donors (Lipinski definition) is 2. The van der Waals surface area contributed by atoms with Crippen LogP contribution in [0.5, 0.6) is 11.5 Å². The molecule has 1 heterocycles. The molecule has 0 spiro atoms. The fourth-order valence-corrected chi connectivity index (χ4v) is 2.37. The number of pyridine rings is 1. The van der Waals surface area contributed by atoms with Crippen LogP contribution < -0.4 is 14.8 Å². The summed E-state index contributed by atoms with van der Waals surface area (Å²) in [5.41, 5.74) is 2.52. The molecular formula is C16H19ClN2O3. The van der Waals surface area contributed by atoms with Gasteiger partial charge in [0.25, 0.3) is 0 Å². The minimum absolute atomic E-state index is 0.0434. The second-order valence-electron chi connectivity index (χ2n) is 4.59. The van der Waals surface area contributed by atoms with E-state index in [-0.39, 0.29) is 6.61 Å². The lowest BCUT2D eigenvalue weighted by Gasteiger charge is -2.14. The summed E-state index contributed by atoms with van der Waals surface area (Å²) in [6, 6.07) is 5.48. The van der Waals surface area contributed by atoms with Gasteiger partial charge in [-0.1, -0.05) is 11.6 Å². The van der Waals surface area contributed by atoms with Gasteiger partial charge in [0.15, 0.2) is 11.5 Å². The molecule has 0 atom stereocenters. The zero-order valence-electron chi connectivity index (χ0n) is 12.6. The molecule has 0 radical (unpaired) electrons. The molecule has 0 amide bonds. The summed E-state index contributed by atoms with van der Waals surface area (Å²) >= 11 is 6.25. The van der Waals surface area contributed by atoms with E-state index in [2.05, 4.69) is 10.3 Å². The molecule has 2 N–H and O–H groups in total. The van der Waals surface area contributed by atoms with E-state index in [0.29, 0.717) is 29.7 Å². The number of nitrogens with one attached hydrogen (secondary N) is 1. The van der Waals surface area contributed by atoms with Gasteiger partial charge in [-0.25, -0.2) is 0 Å². The molecule has 118 valence electrons. The van der Waals surface area contributed by atoms with Crippen molar-refractivity contribution >= 4 is 17.3 Å². The molecule has 1 aromatic heterocycles. The molecule has 1 aromatic carbocycles. The molecule has 2 rings (SSSR count). The molecule has 5 nitrogen and oxygen atoms in total. The summed E-state index contributed by atoms with van der Waals surface area (Å²) in [6.07, 6.45) is 3.33. The van der Waals surface area contributed by atoms with E-state index in [4.69, 9.17) is 21.1 Å². The Morgan fingerprint density at radius 2 is 2.18 bits per heavy atom. The molecule has 0 saturated carbocycles. The van der Waals surface area contributed by atoms with Crippen LogP contribution in [-0.4, -0.2) is 23.8 Å². The number of nitrogens with zero attached hydrogens (tertiary/aromatic N) is 1. The number of rotatable bonds is 7. The van der Waals surface area contributed by atoms with Crippen molar-refractivity contribution in [3.8, 4) is 11.5 Å². The number of aliphatic hydroxyl groups excluding tert-OH is 1. The average molecular weight is 323 g/mol. The maximum absolute atomic E-state index is 9.31. The van der Waals surface area contributed by atoms with Crippen LogP contribution in [0.3, 0.4) is 0 Å². The van der Waals surface area contributed by atoms with Gasteiger partial charge in [0.1, 0.15) is 0 Å². The van der Waals surface area contributed by atoms with E-state index in [9.17, 15) is 5.11 Å². The van der Waals surface area contributed by atoms with E-state index in [0.717, 1.165) is 16.8 Å². The maximum atomic E-state index is 9.31. The zero-order chi connectivity index (χ0) is 15.9. The number of aliphatic hydroxyl groups is 1. The van der Waals surface area contributed by atoms with Crippen LogP contribution in [0.25, 0.3) is 0 Å². The van der Waals surface area contributed by atoms with E-state index >= 15 is 0 Å². The SMILES string of the molecule is CCOc1c(Cl)cc(CNc2cnccc2CO)cc1OC. The van der Waals surface area contributed by atoms with Crippen molar-refractivity contribution in [2.45, 2.75) is 20.1 Å². The van der Waals surface area contributed by atoms with Crippen LogP contribution in [0.4, 0.5) is 5.69 Å². The Morgan fingerprint density at radius 3 is 2.86 bits per heavy atom. The molecule has 0 aliphatic rings. The fraction of sp³-hybridized carbons (Fsp3) is 0.312. The molecule has 0 fully saturated rings. The van der Waals surface area contributed by atoms with Crippen LogP contribution in [0.2, 0.25) is 5.02 Å². The number of aromatic nitrogens is 1. The smallest absolute Gasteiger partial charge is 0.179 e. The lowest BCUT2D eigenvalue weighted by molar-refractivity contribution is 0.282. The number of benzene rings is 1. The van der Waals surface area contributed by atoms with Crippen LogP contribution >= 0.6 is 11.6 Å². The van der Waals surface area contributed by atoms with E-state index in [1.54, 1.807) is 25.6 Å². The first-order valence-electron chi connectivity index (χ1n) is 6.96. The van der Waals surface area contributed by atoms with Gasteiger partial charge in [-0.05, 0) is 30.7 Å². The largest absolute Gasteiger partial charge is 0.493 e. The second kappa shape index (κ2) is 7.87. The topological polar surface area (TPSA) is 63.6 Å². The first-order chi connectivity index (χ1) is 10.7. The van der Waals surface area contributed by atoms with Gasteiger partial charge >= 0.3 is 0 Å². The van der Waals surface area contributed by atoms with Crippen molar-refractivity contribution < 1.29 is 14.6 Å². The summed E-state index contributed by atoms with van der Waals surface area (Å²) in [6.45, 7) is 2.90. The highest BCUT2D eigenvalue weighted by Crippen LogP contribution is 2.36. The van der Waals surface area contributed by atoms with Crippen LogP contribution in [0.15, 0.2) is 30.6 Å². The highest BCUT2D eigenvalue weighted by atomic mass is 35.5. The molecule has 0 saturated heterocycles. The Kier molecular flexibility index (Phi) is 5.86. The normalized spacial score (nSPS) is 10.4. The Balaban J connectivity index is 2.18. The number of ether oxygens (including phenoxy) is 2. The summed E-state index contributed by atoms with van der Waals surface area (Å²) in [5.74, 6) is 1.15. The van der Waals surface area contributed by atoms with Gasteiger partial charge in [-0.2, -0.15) is 0 Å². The second-order valence-corrected chi connectivity index (χ2v) is 4.99. The Labute approximate surface area is 134 Å². The maximum Gasteiger partial charge on any atom is 0.179 e. The van der Waals surface area contributed by atoms with Crippen molar-refractivity contribution in [2.75, 3.05) is 19.0 Å². The molecule has 6 heteroatoms. The summed E-state index contributed by atoms with van der Waals surface area (Å²) in [7, 11) is 1.58. The third kappa shape index (κ3) is 3.81. The van der Waals surface area contributed by atoms with Gasteiger partial charge in [-0.15, -0.1) is 0 Å². The lowest BCUT2D eigenvalue weighted by Crippen LogP contribution is -2.04. The third-order valence-electron chi connectivity index (χ3n) is 3.14. The van der Waals surface area contributed by atoms with Crippen LogP contribution in [0, 0.1) is 0 Å². The molecule has 0 bridgehead atoms. The van der Waals surface area contributed by atoms with Gasteiger partial charge in [0.2, 0.25) is 0 Å². The predicted molar refractivity (Wildman–Crippen MR) is 86.7 cm³/mol.